The maximum Gasteiger partial charge on any atom is 0.191 e. The molecule has 0 amide bonds. The normalized spacial score (nSPS) is 11.4. The minimum Gasteiger partial charge on any atom is -0.347 e. The van der Waals surface area contributed by atoms with E-state index in [4.69, 9.17) is 0 Å². The Bertz CT molecular complexity index is 1070. The van der Waals surface area contributed by atoms with Crippen molar-refractivity contribution in [3.05, 3.63) is 66.1 Å². The number of aryl methyl sites for hydroxylation is 1. The summed E-state index contributed by atoms with van der Waals surface area (Å²) in [5, 5.41) is 11.0. The lowest BCUT2D eigenvalue weighted by molar-refractivity contribution is 0.627. The molecule has 2 aromatic carbocycles. The number of hydrogen-bond donors (Lipinski definition) is 0. The third kappa shape index (κ3) is 3.37. The number of rotatable bonds is 6. The molecule has 6 heteroatoms. The van der Waals surface area contributed by atoms with Crippen molar-refractivity contribution in [1.82, 2.24) is 19.3 Å². The second kappa shape index (κ2) is 7.56. The Morgan fingerprint density at radius 3 is 2.48 bits per heavy atom. The van der Waals surface area contributed by atoms with Gasteiger partial charge in [0.1, 0.15) is 5.82 Å². The van der Waals surface area contributed by atoms with Gasteiger partial charge in [0.2, 0.25) is 0 Å². The van der Waals surface area contributed by atoms with E-state index in [-0.39, 0.29) is 5.82 Å². The molecule has 0 aliphatic heterocycles. The number of aromatic nitrogens is 4. The number of nitrogens with zero attached hydrogens (tertiary/aromatic N) is 4. The molecule has 0 N–H and O–H groups in total. The Kier molecular flexibility index (Phi) is 4.99. The summed E-state index contributed by atoms with van der Waals surface area (Å²) >= 11 is 1.62. The summed E-state index contributed by atoms with van der Waals surface area (Å²) in [5.74, 6) is 1.41. The molecule has 0 spiro atoms. The molecule has 0 saturated carbocycles. The minimum atomic E-state index is -0.213. The number of fused-ring (bicyclic) bond motifs is 1. The van der Waals surface area contributed by atoms with E-state index in [1.165, 1.54) is 23.0 Å². The van der Waals surface area contributed by atoms with E-state index in [9.17, 15) is 4.39 Å². The van der Waals surface area contributed by atoms with Crippen LogP contribution in [0.4, 0.5) is 4.39 Å². The van der Waals surface area contributed by atoms with E-state index in [1.54, 1.807) is 11.8 Å². The van der Waals surface area contributed by atoms with E-state index in [0.29, 0.717) is 0 Å². The first-order chi connectivity index (χ1) is 13.2. The molecule has 0 saturated heterocycles. The van der Waals surface area contributed by atoms with Gasteiger partial charge < -0.3 is 9.13 Å². The molecule has 0 fully saturated rings. The fraction of sp³-hybridized carbons (Fsp3) is 0.238. The molecule has 0 unspecified atom stereocenters. The molecule has 4 aromatic rings. The zero-order valence-corrected chi connectivity index (χ0v) is 16.2. The minimum absolute atomic E-state index is 0.213. The number of benzene rings is 2. The molecular formula is C21H21FN4S. The smallest absolute Gasteiger partial charge is 0.191 e. The molecule has 4 rings (SSSR count). The van der Waals surface area contributed by atoms with Gasteiger partial charge in [0.05, 0.1) is 0 Å². The average molecular weight is 380 g/mol. The summed E-state index contributed by atoms with van der Waals surface area (Å²) in [6.07, 6.45) is 2.16. The molecular weight excluding hydrogens is 359 g/mol. The highest BCUT2D eigenvalue weighted by Crippen LogP contribution is 2.32. The topological polar surface area (TPSA) is 35.6 Å². The number of thioether (sulfide) groups is 1. The second-order valence-electron chi connectivity index (χ2n) is 6.31. The fourth-order valence-corrected chi connectivity index (χ4v) is 4.25. The van der Waals surface area contributed by atoms with Gasteiger partial charge in [-0.2, -0.15) is 0 Å². The predicted molar refractivity (Wildman–Crippen MR) is 108 cm³/mol. The highest BCUT2D eigenvalue weighted by molar-refractivity contribution is 7.98. The molecule has 2 heterocycles. The zero-order chi connectivity index (χ0) is 18.8. The highest BCUT2D eigenvalue weighted by Gasteiger charge is 2.18. The molecule has 0 aliphatic rings. The van der Waals surface area contributed by atoms with Crippen LogP contribution in [0.3, 0.4) is 0 Å². The lowest BCUT2D eigenvalue weighted by atomic mass is 10.1. The number of para-hydroxylation sites is 1. The van der Waals surface area contributed by atoms with Crippen molar-refractivity contribution in [2.24, 2.45) is 0 Å². The van der Waals surface area contributed by atoms with Gasteiger partial charge in [-0.15, -0.1) is 10.2 Å². The second-order valence-corrected chi connectivity index (χ2v) is 7.25. The molecule has 0 bridgehead atoms. The summed E-state index contributed by atoms with van der Waals surface area (Å²) in [7, 11) is 0. The number of halogens is 1. The third-order valence-corrected chi connectivity index (χ3v) is 5.72. The summed E-state index contributed by atoms with van der Waals surface area (Å²) in [6, 6.07) is 15.0. The Morgan fingerprint density at radius 1 is 0.963 bits per heavy atom. The first-order valence-corrected chi connectivity index (χ1v) is 10.1. The van der Waals surface area contributed by atoms with Crippen molar-refractivity contribution in [3.8, 4) is 11.4 Å². The van der Waals surface area contributed by atoms with Gasteiger partial charge in [-0.3, -0.25) is 0 Å². The number of hydrogen-bond acceptors (Lipinski definition) is 3. The van der Waals surface area contributed by atoms with Crippen molar-refractivity contribution in [2.75, 3.05) is 0 Å². The lowest BCUT2D eigenvalue weighted by Crippen LogP contribution is -1.99. The molecule has 0 aliphatic carbocycles. The molecule has 27 heavy (non-hydrogen) atoms. The maximum atomic E-state index is 13.1. The molecule has 0 atom stereocenters. The van der Waals surface area contributed by atoms with Crippen LogP contribution in [0.1, 0.15) is 19.4 Å². The monoisotopic (exact) mass is 380 g/mol. The molecule has 138 valence electrons. The van der Waals surface area contributed by atoms with Crippen LogP contribution >= 0.6 is 11.8 Å². The zero-order valence-electron chi connectivity index (χ0n) is 15.4. The molecule has 4 nitrogen and oxygen atoms in total. The van der Waals surface area contributed by atoms with Crippen LogP contribution in [0.5, 0.6) is 0 Å². The van der Waals surface area contributed by atoms with Gasteiger partial charge in [-0.1, -0.05) is 42.1 Å². The van der Waals surface area contributed by atoms with E-state index in [0.717, 1.165) is 41.0 Å². The quantitative estimate of drug-likeness (QED) is 0.422. The highest BCUT2D eigenvalue weighted by atomic mass is 32.2. The van der Waals surface area contributed by atoms with Gasteiger partial charge in [-0.25, -0.2) is 4.39 Å². The summed E-state index contributed by atoms with van der Waals surface area (Å²) in [4.78, 5) is 0. The Morgan fingerprint density at radius 2 is 1.74 bits per heavy atom. The van der Waals surface area contributed by atoms with Gasteiger partial charge >= 0.3 is 0 Å². The van der Waals surface area contributed by atoms with Gasteiger partial charge in [0.15, 0.2) is 11.0 Å². The van der Waals surface area contributed by atoms with Gasteiger partial charge in [0, 0.05) is 41.5 Å². The van der Waals surface area contributed by atoms with E-state index in [1.807, 2.05) is 12.1 Å². The van der Waals surface area contributed by atoms with Crippen LogP contribution < -0.4 is 0 Å². The first-order valence-electron chi connectivity index (χ1n) is 9.10. The molecule has 0 radical (unpaired) electrons. The van der Waals surface area contributed by atoms with Crippen LogP contribution in [0.2, 0.25) is 0 Å². The van der Waals surface area contributed by atoms with Crippen molar-refractivity contribution in [3.63, 3.8) is 0 Å². The van der Waals surface area contributed by atoms with Crippen molar-refractivity contribution >= 4 is 22.7 Å². The van der Waals surface area contributed by atoms with Crippen LogP contribution in [-0.2, 0) is 18.8 Å². The van der Waals surface area contributed by atoms with Crippen LogP contribution in [-0.4, -0.2) is 19.3 Å². The summed E-state index contributed by atoms with van der Waals surface area (Å²) < 4.78 is 17.5. The third-order valence-electron chi connectivity index (χ3n) is 4.68. The van der Waals surface area contributed by atoms with Gasteiger partial charge in [0.25, 0.3) is 0 Å². The average Bonchev–Trinajstić information content (AvgIpc) is 3.28. The first kappa shape index (κ1) is 17.8. The maximum absolute atomic E-state index is 13.1. The van der Waals surface area contributed by atoms with E-state index >= 15 is 0 Å². The molecule has 2 aromatic heterocycles. The Labute approximate surface area is 162 Å². The van der Waals surface area contributed by atoms with Crippen molar-refractivity contribution in [1.29, 1.82) is 0 Å². The van der Waals surface area contributed by atoms with Crippen molar-refractivity contribution < 1.29 is 4.39 Å². The SMILES string of the molecule is CCn1c(SCc2ccc(F)cc2)nnc1-c1cn(CC)c2ccccc12. The Balaban J connectivity index is 1.68. The fourth-order valence-electron chi connectivity index (χ4n) is 3.29. The van der Waals surface area contributed by atoms with E-state index in [2.05, 4.69) is 63.6 Å². The lowest BCUT2D eigenvalue weighted by Gasteiger charge is -2.07. The van der Waals surface area contributed by atoms with Crippen LogP contribution in [0, 0.1) is 5.82 Å². The van der Waals surface area contributed by atoms with Crippen LogP contribution in [0.15, 0.2) is 59.9 Å². The Hall–Kier alpha value is -2.60. The van der Waals surface area contributed by atoms with E-state index < -0.39 is 0 Å². The standard InChI is InChI=1S/C21H21FN4S/c1-3-25-13-18(17-7-5-6-8-19(17)25)20-23-24-21(26(20)4-2)27-14-15-9-11-16(22)12-10-15/h5-13H,3-4,14H2,1-2H3. The largest absolute Gasteiger partial charge is 0.347 e. The predicted octanol–water partition coefficient (Wildman–Crippen LogP) is 5.37. The summed E-state index contributed by atoms with van der Waals surface area (Å²) in [5.41, 5.74) is 3.38. The van der Waals surface area contributed by atoms with Gasteiger partial charge in [-0.05, 0) is 37.6 Å². The van der Waals surface area contributed by atoms with Crippen molar-refractivity contribution in [2.45, 2.75) is 37.8 Å². The van der Waals surface area contributed by atoms with Crippen LogP contribution in [0.25, 0.3) is 22.3 Å². The summed E-state index contributed by atoms with van der Waals surface area (Å²) in [6.45, 7) is 5.95.